The first-order chi connectivity index (χ1) is 9.20. The molecular weight excluding hydrogens is 236 g/mol. The molecule has 0 aromatic rings. The van der Waals surface area contributed by atoms with Crippen LogP contribution in [0.25, 0.3) is 0 Å². The molecule has 1 heterocycles. The molecule has 0 bridgehead atoms. The van der Waals surface area contributed by atoms with Crippen molar-refractivity contribution in [3.63, 3.8) is 0 Å². The van der Waals surface area contributed by atoms with Crippen molar-refractivity contribution < 1.29 is 9.47 Å². The van der Waals surface area contributed by atoms with Gasteiger partial charge in [0.1, 0.15) is 0 Å². The molecule has 3 unspecified atom stereocenters. The highest BCUT2D eigenvalue weighted by Crippen LogP contribution is 2.49. The van der Waals surface area contributed by atoms with E-state index in [4.69, 9.17) is 9.47 Å². The normalized spacial score (nSPS) is 35.7. The molecule has 2 nitrogen and oxygen atoms in total. The Morgan fingerprint density at radius 2 is 2.16 bits per heavy atom. The number of ether oxygens (including phenoxy) is 2. The van der Waals surface area contributed by atoms with E-state index < -0.39 is 0 Å². The van der Waals surface area contributed by atoms with Gasteiger partial charge in [0.2, 0.25) is 0 Å². The molecule has 3 aliphatic rings. The van der Waals surface area contributed by atoms with Gasteiger partial charge in [-0.25, -0.2) is 0 Å². The zero-order valence-electron chi connectivity index (χ0n) is 12.1. The quantitative estimate of drug-likeness (QED) is 0.564. The summed E-state index contributed by atoms with van der Waals surface area (Å²) in [6.45, 7) is 8.07. The zero-order chi connectivity index (χ0) is 13.3. The third-order valence-corrected chi connectivity index (χ3v) is 5.14. The van der Waals surface area contributed by atoms with E-state index in [-0.39, 0.29) is 11.7 Å². The van der Waals surface area contributed by atoms with Gasteiger partial charge < -0.3 is 9.47 Å². The Morgan fingerprint density at radius 1 is 1.42 bits per heavy atom. The van der Waals surface area contributed by atoms with Crippen LogP contribution in [0.3, 0.4) is 0 Å². The van der Waals surface area contributed by atoms with Crippen LogP contribution in [0, 0.1) is 5.92 Å². The first-order valence-corrected chi connectivity index (χ1v) is 7.80. The highest BCUT2D eigenvalue weighted by atomic mass is 16.6. The first kappa shape index (κ1) is 13.4. The minimum absolute atomic E-state index is 0.140. The Kier molecular flexibility index (Phi) is 3.81. The van der Waals surface area contributed by atoms with E-state index in [1.807, 2.05) is 0 Å². The first-order valence-electron chi connectivity index (χ1n) is 7.80. The lowest BCUT2D eigenvalue weighted by Gasteiger charge is -2.34. The molecule has 1 saturated heterocycles. The summed E-state index contributed by atoms with van der Waals surface area (Å²) in [5.41, 5.74) is 3.11. The molecule has 1 spiro atoms. The van der Waals surface area contributed by atoms with Crippen LogP contribution in [0.15, 0.2) is 23.8 Å². The maximum atomic E-state index is 6.07. The Bertz CT molecular complexity index is 371. The fourth-order valence-electron chi connectivity index (χ4n) is 3.68. The minimum atomic E-state index is 0.140. The van der Waals surface area contributed by atoms with E-state index in [1.165, 1.54) is 31.3 Å². The lowest BCUT2D eigenvalue weighted by Crippen LogP contribution is -2.38. The van der Waals surface area contributed by atoms with Gasteiger partial charge in [-0.3, -0.25) is 0 Å². The third kappa shape index (κ3) is 2.95. The molecule has 0 amide bonds. The maximum Gasteiger partial charge on any atom is 0.0975 e. The van der Waals surface area contributed by atoms with Gasteiger partial charge in [0.15, 0.2) is 0 Å². The Hall–Kier alpha value is -0.600. The summed E-state index contributed by atoms with van der Waals surface area (Å²) in [5, 5.41) is 0. The van der Waals surface area contributed by atoms with Crippen molar-refractivity contribution in [2.45, 2.75) is 63.6 Å². The largest absolute Gasteiger partial charge is 0.374 e. The van der Waals surface area contributed by atoms with Crippen molar-refractivity contribution in [3.05, 3.63) is 23.8 Å². The van der Waals surface area contributed by atoms with E-state index in [9.17, 15) is 0 Å². The van der Waals surface area contributed by atoms with E-state index in [0.29, 0.717) is 5.92 Å². The molecule has 3 atom stereocenters. The number of hydrogen-bond acceptors (Lipinski definition) is 2. The van der Waals surface area contributed by atoms with Crippen LogP contribution in [-0.4, -0.2) is 24.9 Å². The standard InChI is InChI=1S/C17H26O2/c1-13-7-9-17(12-19-17)16(11-13)14(2)18-10-8-15-5-3-4-6-15/h8,14,16H,1,3-7,9-12H2,2H3. The number of rotatable bonds is 4. The summed E-state index contributed by atoms with van der Waals surface area (Å²) in [4.78, 5) is 0. The Morgan fingerprint density at radius 3 is 2.84 bits per heavy atom. The van der Waals surface area contributed by atoms with Gasteiger partial charge in [0.25, 0.3) is 0 Å². The molecule has 106 valence electrons. The maximum absolute atomic E-state index is 6.07. The molecule has 0 N–H and O–H groups in total. The average Bonchev–Trinajstić information content (AvgIpc) is 2.97. The predicted molar refractivity (Wildman–Crippen MR) is 77.1 cm³/mol. The lowest BCUT2D eigenvalue weighted by molar-refractivity contribution is 0.000240. The van der Waals surface area contributed by atoms with Crippen LogP contribution in [0.4, 0.5) is 0 Å². The smallest absolute Gasteiger partial charge is 0.0975 e. The molecule has 1 aliphatic heterocycles. The predicted octanol–water partition coefficient (Wildman–Crippen LogP) is 4.02. The second kappa shape index (κ2) is 5.41. The van der Waals surface area contributed by atoms with Crippen molar-refractivity contribution >= 4 is 0 Å². The SMILES string of the molecule is C=C1CCC2(CO2)C(C(C)OCC=C2CCCC2)C1. The number of epoxide rings is 1. The fraction of sp³-hybridized carbons (Fsp3) is 0.765. The van der Waals surface area contributed by atoms with Crippen molar-refractivity contribution in [1.29, 1.82) is 0 Å². The molecule has 0 radical (unpaired) electrons. The third-order valence-electron chi connectivity index (χ3n) is 5.14. The molecule has 3 rings (SSSR count). The van der Waals surface area contributed by atoms with Gasteiger partial charge in [-0.1, -0.05) is 23.8 Å². The van der Waals surface area contributed by atoms with Crippen LogP contribution in [0.1, 0.15) is 51.9 Å². The van der Waals surface area contributed by atoms with E-state index in [1.54, 1.807) is 5.57 Å². The summed E-state index contributed by atoms with van der Waals surface area (Å²) in [6, 6.07) is 0. The highest BCUT2D eigenvalue weighted by Gasteiger charge is 2.54. The van der Waals surface area contributed by atoms with Crippen LogP contribution in [0.2, 0.25) is 0 Å². The molecule has 19 heavy (non-hydrogen) atoms. The Balaban J connectivity index is 1.52. The van der Waals surface area contributed by atoms with Gasteiger partial charge in [-0.05, 0) is 51.9 Å². The molecule has 0 aromatic carbocycles. The van der Waals surface area contributed by atoms with Crippen molar-refractivity contribution in [2.24, 2.45) is 5.92 Å². The van der Waals surface area contributed by atoms with Crippen molar-refractivity contribution in [2.75, 3.05) is 13.2 Å². The van der Waals surface area contributed by atoms with Crippen LogP contribution in [0.5, 0.6) is 0 Å². The topological polar surface area (TPSA) is 21.8 Å². The summed E-state index contributed by atoms with van der Waals surface area (Å²) in [5.74, 6) is 0.510. The lowest BCUT2D eigenvalue weighted by atomic mass is 9.75. The summed E-state index contributed by atoms with van der Waals surface area (Å²) in [6.07, 6.45) is 11.2. The molecule has 0 aromatic heterocycles. The van der Waals surface area contributed by atoms with Gasteiger partial charge in [0, 0.05) is 5.92 Å². The van der Waals surface area contributed by atoms with Crippen LogP contribution < -0.4 is 0 Å². The molecule has 2 heteroatoms. The summed E-state index contributed by atoms with van der Waals surface area (Å²) < 4.78 is 11.8. The van der Waals surface area contributed by atoms with Crippen LogP contribution in [-0.2, 0) is 9.47 Å². The van der Waals surface area contributed by atoms with Gasteiger partial charge >= 0.3 is 0 Å². The van der Waals surface area contributed by atoms with Crippen molar-refractivity contribution in [3.8, 4) is 0 Å². The highest BCUT2D eigenvalue weighted by molar-refractivity contribution is 5.14. The fourth-order valence-corrected chi connectivity index (χ4v) is 3.68. The zero-order valence-corrected chi connectivity index (χ0v) is 12.1. The second-order valence-electron chi connectivity index (χ2n) is 6.52. The molecule has 2 aliphatic carbocycles. The summed E-state index contributed by atoms with van der Waals surface area (Å²) in [7, 11) is 0. The van der Waals surface area contributed by atoms with E-state index >= 15 is 0 Å². The van der Waals surface area contributed by atoms with Gasteiger partial charge in [-0.2, -0.15) is 0 Å². The Labute approximate surface area is 116 Å². The van der Waals surface area contributed by atoms with Crippen LogP contribution >= 0.6 is 0 Å². The summed E-state index contributed by atoms with van der Waals surface area (Å²) >= 11 is 0. The van der Waals surface area contributed by atoms with Gasteiger partial charge in [-0.15, -0.1) is 0 Å². The molecule has 2 saturated carbocycles. The molecule has 3 fully saturated rings. The van der Waals surface area contributed by atoms with Gasteiger partial charge in [0.05, 0.1) is 24.9 Å². The number of hydrogen-bond donors (Lipinski definition) is 0. The average molecular weight is 262 g/mol. The van der Waals surface area contributed by atoms with E-state index in [0.717, 1.165) is 32.5 Å². The second-order valence-corrected chi connectivity index (χ2v) is 6.52. The number of allylic oxidation sites excluding steroid dienone is 2. The molecular formula is C17H26O2. The minimum Gasteiger partial charge on any atom is -0.374 e. The van der Waals surface area contributed by atoms with E-state index in [2.05, 4.69) is 19.6 Å². The monoisotopic (exact) mass is 262 g/mol. The van der Waals surface area contributed by atoms with Crippen molar-refractivity contribution in [1.82, 2.24) is 0 Å².